The van der Waals surface area contributed by atoms with Crippen LogP contribution in [0, 0.1) is 33.8 Å². The number of aliphatic carboxylic acids is 1. The number of hydrogen-bond donors (Lipinski definition) is 1. The molecule has 0 saturated heterocycles. The van der Waals surface area contributed by atoms with Crippen LogP contribution in [0.5, 0.6) is 0 Å². The Labute approximate surface area is 108 Å². The van der Waals surface area contributed by atoms with Crippen LogP contribution in [0.3, 0.4) is 0 Å². The zero-order valence-electron chi connectivity index (χ0n) is 9.61. The Balaban J connectivity index is 3.38. The molecule has 0 aliphatic heterocycles. The van der Waals surface area contributed by atoms with Crippen molar-refractivity contribution >= 4 is 17.5 Å². The zero-order chi connectivity index (χ0) is 14.4. The molecule has 8 heteroatoms. The van der Waals surface area contributed by atoms with Crippen molar-refractivity contribution in [1.29, 1.82) is 5.26 Å². The third-order valence-corrected chi connectivity index (χ3v) is 2.12. The molecule has 0 aliphatic carbocycles. The molecule has 1 aromatic rings. The van der Waals surface area contributed by atoms with Gasteiger partial charge in [0.2, 0.25) is 5.82 Å². The van der Waals surface area contributed by atoms with E-state index in [9.17, 15) is 14.9 Å². The number of terminal acetylenes is 1. The van der Waals surface area contributed by atoms with Gasteiger partial charge in [0.1, 0.15) is 18.2 Å². The van der Waals surface area contributed by atoms with E-state index in [2.05, 4.69) is 10.9 Å². The predicted molar refractivity (Wildman–Crippen MR) is 64.3 cm³/mol. The Bertz CT molecular complexity index is 600. The average Bonchev–Trinajstić information content (AvgIpc) is 2.36. The number of nitriles is 1. The second-order valence-corrected chi connectivity index (χ2v) is 3.35. The van der Waals surface area contributed by atoms with Gasteiger partial charge in [0.05, 0.1) is 11.5 Å². The molecule has 0 saturated carbocycles. The van der Waals surface area contributed by atoms with Crippen molar-refractivity contribution in [2.75, 3.05) is 18.0 Å². The van der Waals surface area contributed by atoms with E-state index < -0.39 is 23.1 Å². The minimum absolute atomic E-state index is 0.172. The molecule has 8 nitrogen and oxygen atoms in total. The van der Waals surface area contributed by atoms with E-state index in [1.807, 2.05) is 0 Å². The van der Waals surface area contributed by atoms with Crippen molar-refractivity contribution in [3.05, 3.63) is 27.9 Å². The maximum atomic E-state index is 11.0. The van der Waals surface area contributed by atoms with Gasteiger partial charge in [0.15, 0.2) is 0 Å². The number of hydrogen-bond acceptors (Lipinski definition) is 6. The standard InChI is InChI=1S/C11H8N4O4/c1-2-5-14(7-9(16)17)11-10(15(18)19)8(6-12)3-4-13-11/h1,3-4H,5,7H2,(H,16,17). The van der Waals surface area contributed by atoms with E-state index in [1.165, 1.54) is 12.3 Å². The van der Waals surface area contributed by atoms with Gasteiger partial charge in [-0.3, -0.25) is 14.9 Å². The lowest BCUT2D eigenvalue weighted by atomic mass is 10.2. The van der Waals surface area contributed by atoms with Gasteiger partial charge in [-0.2, -0.15) is 5.26 Å². The highest BCUT2D eigenvalue weighted by Gasteiger charge is 2.26. The largest absolute Gasteiger partial charge is 0.480 e. The molecule has 0 aromatic carbocycles. The van der Waals surface area contributed by atoms with Gasteiger partial charge in [-0.15, -0.1) is 6.42 Å². The van der Waals surface area contributed by atoms with E-state index in [4.69, 9.17) is 16.8 Å². The monoisotopic (exact) mass is 260 g/mol. The minimum Gasteiger partial charge on any atom is -0.480 e. The summed E-state index contributed by atoms with van der Waals surface area (Å²) in [7, 11) is 0. The van der Waals surface area contributed by atoms with Crippen molar-refractivity contribution in [2.45, 2.75) is 0 Å². The Hall–Kier alpha value is -3.13. The SMILES string of the molecule is C#CCN(CC(=O)O)c1nccc(C#N)c1[N+](=O)[O-]. The quantitative estimate of drug-likeness (QED) is 0.461. The first-order valence-electron chi connectivity index (χ1n) is 4.95. The van der Waals surface area contributed by atoms with Crippen LogP contribution in [0.25, 0.3) is 0 Å². The molecule has 19 heavy (non-hydrogen) atoms. The number of aromatic nitrogens is 1. The van der Waals surface area contributed by atoms with Crippen molar-refractivity contribution in [3.8, 4) is 18.4 Å². The third-order valence-electron chi connectivity index (χ3n) is 2.12. The molecule has 0 atom stereocenters. The number of carboxylic acid groups (broad SMARTS) is 1. The molecular formula is C11H8N4O4. The second-order valence-electron chi connectivity index (χ2n) is 3.35. The lowest BCUT2D eigenvalue weighted by Crippen LogP contribution is -2.31. The van der Waals surface area contributed by atoms with Gasteiger partial charge >= 0.3 is 11.7 Å². The van der Waals surface area contributed by atoms with Gasteiger partial charge in [-0.05, 0) is 6.07 Å². The third kappa shape index (κ3) is 3.17. The average molecular weight is 260 g/mol. The molecule has 0 amide bonds. The summed E-state index contributed by atoms with van der Waals surface area (Å²) in [6.07, 6.45) is 6.28. The predicted octanol–water partition coefficient (Wildman–Crippen LogP) is 0.386. The highest BCUT2D eigenvalue weighted by Crippen LogP contribution is 2.28. The normalized spacial score (nSPS) is 9.16. The summed E-state index contributed by atoms with van der Waals surface area (Å²) in [6.45, 7) is -0.720. The molecule has 1 aromatic heterocycles. The van der Waals surface area contributed by atoms with E-state index in [-0.39, 0.29) is 17.9 Å². The maximum Gasteiger partial charge on any atom is 0.329 e. The van der Waals surface area contributed by atoms with E-state index in [0.717, 1.165) is 4.90 Å². The Morgan fingerprint density at radius 3 is 2.84 bits per heavy atom. The fourth-order valence-corrected chi connectivity index (χ4v) is 1.42. The van der Waals surface area contributed by atoms with Gasteiger partial charge in [0, 0.05) is 6.20 Å². The van der Waals surface area contributed by atoms with Crippen molar-refractivity contribution in [3.63, 3.8) is 0 Å². The summed E-state index contributed by atoms with van der Waals surface area (Å²) < 4.78 is 0. The van der Waals surface area contributed by atoms with Crippen LogP contribution in [-0.2, 0) is 4.79 Å². The van der Waals surface area contributed by atoms with Crippen LogP contribution in [0.15, 0.2) is 12.3 Å². The summed E-state index contributed by atoms with van der Waals surface area (Å²) in [5.74, 6) is 0.746. The highest BCUT2D eigenvalue weighted by atomic mass is 16.6. The van der Waals surface area contributed by atoms with E-state index in [0.29, 0.717) is 0 Å². The first-order chi connectivity index (χ1) is 9.01. The summed E-state index contributed by atoms with van der Waals surface area (Å²) in [5, 5.41) is 28.6. The number of pyridine rings is 1. The van der Waals surface area contributed by atoms with Crippen molar-refractivity contribution < 1.29 is 14.8 Å². The van der Waals surface area contributed by atoms with Gasteiger partial charge < -0.3 is 10.0 Å². The Morgan fingerprint density at radius 1 is 1.68 bits per heavy atom. The fraction of sp³-hybridized carbons (Fsp3) is 0.182. The van der Waals surface area contributed by atoms with Crippen LogP contribution < -0.4 is 4.90 Å². The summed E-state index contributed by atoms with van der Waals surface area (Å²) in [4.78, 5) is 25.7. The van der Waals surface area contributed by atoms with Crippen LogP contribution in [-0.4, -0.2) is 34.1 Å². The molecule has 1 rings (SSSR count). The van der Waals surface area contributed by atoms with Gasteiger partial charge in [0.25, 0.3) is 0 Å². The number of anilines is 1. The number of carboxylic acids is 1. The molecule has 0 bridgehead atoms. The number of nitro groups is 1. The molecule has 0 aliphatic rings. The van der Waals surface area contributed by atoms with Crippen LogP contribution in [0.2, 0.25) is 0 Å². The zero-order valence-corrected chi connectivity index (χ0v) is 9.61. The molecule has 1 N–H and O–H groups in total. The molecule has 0 radical (unpaired) electrons. The number of nitrogens with zero attached hydrogens (tertiary/aromatic N) is 4. The van der Waals surface area contributed by atoms with Gasteiger partial charge in [-0.1, -0.05) is 5.92 Å². The molecule has 0 fully saturated rings. The maximum absolute atomic E-state index is 11.0. The number of carbonyl (C=O) groups is 1. The topological polar surface area (TPSA) is 120 Å². The molecular weight excluding hydrogens is 252 g/mol. The van der Waals surface area contributed by atoms with Crippen LogP contribution >= 0.6 is 0 Å². The second kappa shape index (κ2) is 5.98. The Kier molecular flexibility index (Phi) is 4.39. The van der Waals surface area contributed by atoms with Gasteiger partial charge in [-0.25, -0.2) is 4.98 Å². The first kappa shape index (κ1) is 13.9. The Morgan fingerprint density at radius 2 is 2.37 bits per heavy atom. The fourth-order valence-electron chi connectivity index (χ4n) is 1.42. The van der Waals surface area contributed by atoms with Crippen molar-refractivity contribution in [1.82, 2.24) is 4.98 Å². The smallest absolute Gasteiger partial charge is 0.329 e. The lowest BCUT2D eigenvalue weighted by Gasteiger charge is -2.18. The highest BCUT2D eigenvalue weighted by molar-refractivity contribution is 5.76. The van der Waals surface area contributed by atoms with Crippen LogP contribution in [0.4, 0.5) is 11.5 Å². The van der Waals surface area contributed by atoms with Crippen molar-refractivity contribution in [2.24, 2.45) is 0 Å². The van der Waals surface area contributed by atoms with Crippen LogP contribution in [0.1, 0.15) is 5.56 Å². The lowest BCUT2D eigenvalue weighted by molar-refractivity contribution is -0.384. The molecule has 1 heterocycles. The minimum atomic E-state index is -1.21. The van der Waals surface area contributed by atoms with E-state index >= 15 is 0 Å². The molecule has 0 unspecified atom stereocenters. The summed E-state index contributed by atoms with van der Waals surface area (Å²) >= 11 is 0. The number of rotatable bonds is 5. The first-order valence-corrected chi connectivity index (χ1v) is 4.95. The summed E-state index contributed by atoms with van der Waals surface area (Å²) in [5.41, 5.74) is -0.760. The molecule has 0 spiro atoms. The summed E-state index contributed by atoms with van der Waals surface area (Å²) in [6, 6.07) is 2.84. The van der Waals surface area contributed by atoms with E-state index in [1.54, 1.807) is 6.07 Å². The molecule has 96 valence electrons.